The van der Waals surface area contributed by atoms with Crippen molar-refractivity contribution < 1.29 is 14.3 Å². The van der Waals surface area contributed by atoms with Crippen molar-refractivity contribution in [2.45, 2.75) is 19.4 Å². The molecule has 0 N–H and O–H groups in total. The summed E-state index contributed by atoms with van der Waals surface area (Å²) in [6, 6.07) is 7.31. The van der Waals surface area contributed by atoms with Gasteiger partial charge >= 0.3 is 0 Å². The first-order valence-corrected chi connectivity index (χ1v) is 6.10. The molecule has 0 saturated carbocycles. The molecule has 1 atom stereocenters. The second-order valence-electron chi connectivity index (χ2n) is 3.54. The molecule has 0 fully saturated rings. The Balaban J connectivity index is 2.74. The van der Waals surface area contributed by atoms with Crippen LogP contribution in [0.3, 0.4) is 0 Å². The summed E-state index contributed by atoms with van der Waals surface area (Å²) in [5.74, 6) is 1.27. The maximum Gasteiger partial charge on any atom is 0.165 e. The van der Waals surface area contributed by atoms with Crippen molar-refractivity contribution in [2.24, 2.45) is 0 Å². The molecule has 0 aliphatic heterocycles. The number of rotatable bonds is 7. The number of halogens is 1. The Labute approximate surface area is 107 Å². The maximum atomic E-state index is 11.6. The summed E-state index contributed by atoms with van der Waals surface area (Å²) < 4.78 is 10.6. The minimum Gasteiger partial charge on any atom is -0.492 e. The molecule has 0 radical (unpaired) electrons. The van der Waals surface area contributed by atoms with Crippen molar-refractivity contribution >= 4 is 17.4 Å². The molecule has 0 spiro atoms. The highest BCUT2D eigenvalue weighted by molar-refractivity contribution is 6.18. The molecule has 0 aliphatic rings. The van der Waals surface area contributed by atoms with E-state index in [9.17, 15) is 4.79 Å². The molecule has 94 valence electrons. The minimum atomic E-state index is -0.484. The fourth-order valence-electron chi connectivity index (χ4n) is 1.53. The number of alkyl halides is 1. The van der Waals surface area contributed by atoms with Crippen molar-refractivity contribution in [3.63, 3.8) is 0 Å². The molecule has 0 amide bonds. The highest BCUT2D eigenvalue weighted by atomic mass is 35.5. The smallest absolute Gasteiger partial charge is 0.165 e. The summed E-state index contributed by atoms with van der Waals surface area (Å²) in [7, 11) is 1.54. The largest absolute Gasteiger partial charge is 0.492 e. The van der Waals surface area contributed by atoms with Crippen LogP contribution in [-0.2, 0) is 9.53 Å². The second-order valence-corrected chi connectivity index (χ2v) is 3.92. The van der Waals surface area contributed by atoms with E-state index in [1.54, 1.807) is 0 Å². The van der Waals surface area contributed by atoms with Gasteiger partial charge in [-0.25, -0.2) is 0 Å². The first kappa shape index (κ1) is 14.0. The summed E-state index contributed by atoms with van der Waals surface area (Å²) in [5, 5.41) is 0. The van der Waals surface area contributed by atoms with Crippen LogP contribution >= 0.6 is 11.6 Å². The van der Waals surface area contributed by atoms with Gasteiger partial charge in [0.1, 0.15) is 18.5 Å². The monoisotopic (exact) mass is 256 g/mol. The molecule has 17 heavy (non-hydrogen) atoms. The van der Waals surface area contributed by atoms with E-state index in [1.165, 1.54) is 7.11 Å². The van der Waals surface area contributed by atoms with Crippen molar-refractivity contribution in [3.8, 4) is 5.75 Å². The van der Waals surface area contributed by atoms with Crippen LogP contribution < -0.4 is 4.74 Å². The van der Waals surface area contributed by atoms with E-state index >= 15 is 0 Å². The van der Waals surface area contributed by atoms with Gasteiger partial charge in [0.15, 0.2) is 5.78 Å². The lowest BCUT2D eigenvalue weighted by molar-refractivity contribution is -0.128. The fraction of sp³-hybridized carbons (Fsp3) is 0.462. The second kappa shape index (κ2) is 7.30. The van der Waals surface area contributed by atoms with Crippen molar-refractivity contribution in [3.05, 3.63) is 29.8 Å². The number of methoxy groups -OCH3 is 1. The Morgan fingerprint density at radius 2 is 2.00 bits per heavy atom. The highest BCUT2D eigenvalue weighted by Gasteiger charge is 2.17. The van der Waals surface area contributed by atoms with Gasteiger partial charge < -0.3 is 9.47 Å². The first-order valence-electron chi connectivity index (χ1n) is 5.57. The molecular formula is C13H17ClO3. The van der Waals surface area contributed by atoms with Gasteiger partial charge in [-0.15, -0.1) is 11.6 Å². The Morgan fingerprint density at radius 3 is 2.47 bits per heavy atom. The molecule has 0 aliphatic carbocycles. The standard InChI is InChI=1S/C13H17ClO3/c1-3-12(15)13(16-2)10-4-6-11(7-5-10)17-9-8-14/h4-7,13H,3,8-9H2,1-2H3. The van der Waals surface area contributed by atoms with Gasteiger partial charge in [-0.05, 0) is 17.7 Å². The molecule has 1 aromatic rings. The Morgan fingerprint density at radius 1 is 1.35 bits per heavy atom. The third kappa shape index (κ3) is 4.02. The fourth-order valence-corrected chi connectivity index (χ4v) is 1.61. The van der Waals surface area contributed by atoms with Crippen LogP contribution in [0, 0.1) is 0 Å². The van der Waals surface area contributed by atoms with Crippen LogP contribution in [0.1, 0.15) is 25.0 Å². The molecule has 4 heteroatoms. The Hall–Kier alpha value is -1.06. The van der Waals surface area contributed by atoms with Gasteiger partial charge in [0.2, 0.25) is 0 Å². The first-order chi connectivity index (χ1) is 8.22. The lowest BCUT2D eigenvalue weighted by Gasteiger charge is -2.14. The predicted octanol–water partition coefficient (Wildman–Crippen LogP) is 2.97. The van der Waals surface area contributed by atoms with E-state index in [-0.39, 0.29) is 5.78 Å². The molecule has 1 unspecified atom stereocenters. The summed E-state index contributed by atoms with van der Waals surface area (Å²) in [6.07, 6.45) is -0.0229. The van der Waals surface area contributed by atoms with Crippen molar-refractivity contribution in [1.29, 1.82) is 0 Å². The van der Waals surface area contributed by atoms with E-state index in [0.29, 0.717) is 18.9 Å². The van der Waals surface area contributed by atoms with E-state index in [0.717, 1.165) is 11.3 Å². The molecule has 1 aromatic carbocycles. The van der Waals surface area contributed by atoms with E-state index in [2.05, 4.69) is 0 Å². The zero-order valence-electron chi connectivity index (χ0n) is 10.1. The summed E-state index contributed by atoms with van der Waals surface area (Å²) >= 11 is 5.53. The van der Waals surface area contributed by atoms with Crippen LogP contribution in [0.2, 0.25) is 0 Å². The zero-order chi connectivity index (χ0) is 12.7. The summed E-state index contributed by atoms with van der Waals surface area (Å²) in [4.78, 5) is 11.6. The SMILES string of the molecule is CCC(=O)C(OC)c1ccc(OCCCl)cc1. The Bertz CT molecular complexity index is 348. The predicted molar refractivity (Wildman–Crippen MR) is 67.7 cm³/mol. The van der Waals surface area contributed by atoms with Crippen LogP contribution in [0.4, 0.5) is 0 Å². The molecular weight excluding hydrogens is 240 g/mol. The maximum absolute atomic E-state index is 11.6. The lowest BCUT2D eigenvalue weighted by Crippen LogP contribution is -2.13. The summed E-state index contributed by atoms with van der Waals surface area (Å²) in [6.45, 7) is 2.30. The number of Topliss-reactive ketones (excluding diaryl/α,β-unsaturated/α-hetero) is 1. The van der Waals surface area contributed by atoms with Gasteiger partial charge in [0.25, 0.3) is 0 Å². The Kier molecular flexibility index (Phi) is 6.01. The number of carbonyl (C=O) groups is 1. The number of benzene rings is 1. The van der Waals surface area contributed by atoms with Gasteiger partial charge in [-0.1, -0.05) is 19.1 Å². The third-order valence-corrected chi connectivity index (χ3v) is 2.56. The highest BCUT2D eigenvalue weighted by Crippen LogP contribution is 2.22. The number of hydrogen-bond acceptors (Lipinski definition) is 3. The van der Waals surface area contributed by atoms with Crippen LogP contribution in [0.25, 0.3) is 0 Å². The van der Waals surface area contributed by atoms with Gasteiger partial charge in [0, 0.05) is 13.5 Å². The minimum absolute atomic E-state index is 0.0712. The van der Waals surface area contributed by atoms with Gasteiger partial charge in [0.05, 0.1) is 5.88 Å². The average molecular weight is 257 g/mol. The quantitative estimate of drug-likeness (QED) is 0.704. The molecule has 0 bridgehead atoms. The van der Waals surface area contributed by atoms with Crippen LogP contribution in [-0.4, -0.2) is 25.4 Å². The van der Waals surface area contributed by atoms with E-state index in [1.807, 2.05) is 31.2 Å². The molecule has 0 heterocycles. The van der Waals surface area contributed by atoms with Gasteiger partial charge in [-0.3, -0.25) is 4.79 Å². The number of hydrogen-bond donors (Lipinski definition) is 0. The third-order valence-electron chi connectivity index (χ3n) is 2.41. The van der Waals surface area contributed by atoms with Crippen LogP contribution in [0.5, 0.6) is 5.75 Å². The topological polar surface area (TPSA) is 35.5 Å². The van der Waals surface area contributed by atoms with Gasteiger partial charge in [-0.2, -0.15) is 0 Å². The summed E-state index contributed by atoms with van der Waals surface area (Å²) in [5.41, 5.74) is 0.845. The van der Waals surface area contributed by atoms with Crippen molar-refractivity contribution in [1.82, 2.24) is 0 Å². The number of ketones is 1. The number of ether oxygens (including phenoxy) is 2. The average Bonchev–Trinajstić information content (AvgIpc) is 2.38. The molecule has 0 aromatic heterocycles. The molecule has 3 nitrogen and oxygen atoms in total. The van der Waals surface area contributed by atoms with E-state index in [4.69, 9.17) is 21.1 Å². The molecule has 0 saturated heterocycles. The van der Waals surface area contributed by atoms with Crippen LogP contribution in [0.15, 0.2) is 24.3 Å². The normalized spacial score (nSPS) is 12.2. The lowest BCUT2D eigenvalue weighted by atomic mass is 10.0. The number of carbonyl (C=O) groups excluding carboxylic acids is 1. The zero-order valence-corrected chi connectivity index (χ0v) is 10.9. The van der Waals surface area contributed by atoms with E-state index < -0.39 is 6.10 Å². The van der Waals surface area contributed by atoms with Crippen molar-refractivity contribution in [2.75, 3.05) is 19.6 Å². The molecule has 1 rings (SSSR count).